The number of carbonyl (C=O) groups excluding carboxylic acids is 1. The van der Waals surface area contributed by atoms with E-state index in [2.05, 4.69) is 35.1 Å². The Labute approximate surface area is 127 Å². The van der Waals surface area contributed by atoms with Crippen LogP contribution in [0, 0.1) is 17.8 Å². The van der Waals surface area contributed by atoms with Crippen LogP contribution < -0.4 is 5.32 Å². The van der Waals surface area contributed by atoms with Crippen molar-refractivity contribution in [2.45, 2.75) is 65.2 Å². The van der Waals surface area contributed by atoms with E-state index in [1.807, 2.05) is 0 Å². The molecule has 1 rings (SSSR count). The van der Waals surface area contributed by atoms with E-state index in [4.69, 9.17) is 0 Å². The summed E-state index contributed by atoms with van der Waals surface area (Å²) in [4.78, 5) is 12.2. The molecular weight excluding hydrogens is 302 g/mol. The Kier molecular flexibility index (Phi) is 8.76. The maximum Gasteiger partial charge on any atom is 0.223 e. The summed E-state index contributed by atoms with van der Waals surface area (Å²) in [6.45, 7) is 5.22. The number of hydrogen-bond donors (Lipinski definition) is 1. The predicted molar refractivity (Wildman–Crippen MR) is 85.6 cm³/mol. The third-order valence-corrected chi connectivity index (χ3v) is 5.28. The van der Waals surface area contributed by atoms with Crippen molar-refractivity contribution in [3.05, 3.63) is 0 Å². The molecule has 0 aromatic rings. The molecule has 1 saturated carbocycles. The molecule has 112 valence electrons. The van der Waals surface area contributed by atoms with Crippen molar-refractivity contribution in [3.8, 4) is 0 Å². The highest BCUT2D eigenvalue weighted by molar-refractivity contribution is 9.09. The Bertz CT molecular complexity index is 251. The third kappa shape index (κ3) is 5.85. The first-order valence-electron chi connectivity index (χ1n) is 8.06. The summed E-state index contributed by atoms with van der Waals surface area (Å²) in [5.74, 6) is 1.97. The predicted octanol–water partition coefficient (Wildman–Crippen LogP) is 4.52. The molecule has 0 spiro atoms. The van der Waals surface area contributed by atoms with Gasteiger partial charge in [-0.05, 0) is 37.5 Å². The number of alkyl halides is 1. The summed E-state index contributed by atoms with van der Waals surface area (Å²) >= 11 is 3.62. The fourth-order valence-corrected chi connectivity index (χ4v) is 4.09. The molecule has 0 aliphatic heterocycles. The molecule has 0 heterocycles. The standard InChI is InChI=1S/C16H30BrNO/c1-3-7-13(8-4-2)16(19)18-12-15-10-6-5-9-14(15)11-17/h13-15H,3-12H2,1-2H3,(H,18,19). The van der Waals surface area contributed by atoms with Gasteiger partial charge in [-0.2, -0.15) is 0 Å². The van der Waals surface area contributed by atoms with Crippen molar-refractivity contribution in [3.63, 3.8) is 0 Å². The van der Waals surface area contributed by atoms with Crippen molar-refractivity contribution in [2.75, 3.05) is 11.9 Å². The molecule has 19 heavy (non-hydrogen) atoms. The van der Waals surface area contributed by atoms with E-state index in [-0.39, 0.29) is 5.92 Å². The van der Waals surface area contributed by atoms with Gasteiger partial charge in [0, 0.05) is 17.8 Å². The van der Waals surface area contributed by atoms with E-state index in [0.717, 1.165) is 43.5 Å². The highest BCUT2D eigenvalue weighted by atomic mass is 79.9. The largest absolute Gasteiger partial charge is 0.356 e. The summed E-state index contributed by atoms with van der Waals surface area (Å²) in [5.41, 5.74) is 0. The van der Waals surface area contributed by atoms with Crippen LogP contribution in [-0.2, 0) is 4.79 Å². The third-order valence-electron chi connectivity index (χ3n) is 4.45. The van der Waals surface area contributed by atoms with E-state index in [0.29, 0.717) is 11.8 Å². The van der Waals surface area contributed by atoms with E-state index < -0.39 is 0 Å². The topological polar surface area (TPSA) is 29.1 Å². The van der Waals surface area contributed by atoms with Gasteiger partial charge in [-0.25, -0.2) is 0 Å². The number of rotatable bonds is 8. The smallest absolute Gasteiger partial charge is 0.223 e. The first kappa shape index (κ1) is 17.0. The summed E-state index contributed by atoms with van der Waals surface area (Å²) in [7, 11) is 0. The molecule has 0 radical (unpaired) electrons. The molecule has 1 aliphatic rings. The SMILES string of the molecule is CCCC(CCC)C(=O)NCC1CCCCC1CBr. The van der Waals surface area contributed by atoms with Crippen LogP contribution in [-0.4, -0.2) is 17.8 Å². The van der Waals surface area contributed by atoms with E-state index in [1.165, 1.54) is 25.7 Å². The van der Waals surface area contributed by atoms with Crippen LogP contribution in [0.5, 0.6) is 0 Å². The van der Waals surface area contributed by atoms with Crippen LogP contribution in [0.15, 0.2) is 0 Å². The molecule has 1 N–H and O–H groups in total. The second kappa shape index (κ2) is 9.79. The molecule has 2 unspecified atom stereocenters. The van der Waals surface area contributed by atoms with Crippen molar-refractivity contribution >= 4 is 21.8 Å². The van der Waals surface area contributed by atoms with Crippen molar-refractivity contribution in [2.24, 2.45) is 17.8 Å². The number of nitrogens with one attached hydrogen (secondary N) is 1. The zero-order valence-electron chi connectivity index (χ0n) is 12.6. The lowest BCUT2D eigenvalue weighted by Gasteiger charge is -2.30. The number of carbonyl (C=O) groups is 1. The molecule has 0 aromatic heterocycles. The summed E-state index contributed by atoms with van der Waals surface area (Å²) in [6.07, 6.45) is 9.56. The molecular formula is C16H30BrNO. The molecule has 0 saturated heterocycles. The van der Waals surface area contributed by atoms with Gasteiger partial charge in [0.05, 0.1) is 0 Å². The van der Waals surface area contributed by atoms with Gasteiger partial charge in [-0.15, -0.1) is 0 Å². The van der Waals surface area contributed by atoms with Crippen molar-refractivity contribution in [1.29, 1.82) is 0 Å². The van der Waals surface area contributed by atoms with Crippen molar-refractivity contribution < 1.29 is 4.79 Å². The minimum Gasteiger partial charge on any atom is -0.356 e. The molecule has 1 amide bonds. The lowest BCUT2D eigenvalue weighted by atomic mass is 9.80. The molecule has 1 fully saturated rings. The maximum absolute atomic E-state index is 12.2. The molecule has 3 heteroatoms. The minimum absolute atomic E-state index is 0.237. The molecule has 2 atom stereocenters. The number of halogens is 1. The quantitative estimate of drug-likeness (QED) is 0.651. The molecule has 1 aliphatic carbocycles. The first-order valence-corrected chi connectivity index (χ1v) is 9.18. The second-order valence-electron chi connectivity index (χ2n) is 5.98. The highest BCUT2D eigenvalue weighted by Crippen LogP contribution is 2.30. The van der Waals surface area contributed by atoms with Crippen LogP contribution in [0.25, 0.3) is 0 Å². The van der Waals surface area contributed by atoms with Crippen molar-refractivity contribution in [1.82, 2.24) is 5.32 Å². The Hall–Kier alpha value is -0.0500. The minimum atomic E-state index is 0.237. The van der Waals surface area contributed by atoms with Crippen LogP contribution in [0.1, 0.15) is 65.2 Å². The van der Waals surface area contributed by atoms with Crippen LogP contribution in [0.3, 0.4) is 0 Å². The zero-order chi connectivity index (χ0) is 14.1. The van der Waals surface area contributed by atoms with Crippen LogP contribution >= 0.6 is 15.9 Å². The van der Waals surface area contributed by atoms with Gasteiger partial charge in [-0.1, -0.05) is 55.5 Å². The fraction of sp³-hybridized carbons (Fsp3) is 0.938. The number of hydrogen-bond acceptors (Lipinski definition) is 1. The Morgan fingerprint density at radius 3 is 2.26 bits per heavy atom. The second-order valence-corrected chi connectivity index (χ2v) is 6.63. The average molecular weight is 332 g/mol. The highest BCUT2D eigenvalue weighted by Gasteiger charge is 2.25. The van der Waals surface area contributed by atoms with Gasteiger partial charge >= 0.3 is 0 Å². The molecule has 0 aromatic carbocycles. The van der Waals surface area contributed by atoms with Gasteiger partial charge in [0.15, 0.2) is 0 Å². The van der Waals surface area contributed by atoms with E-state index in [9.17, 15) is 4.79 Å². The monoisotopic (exact) mass is 331 g/mol. The maximum atomic E-state index is 12.2. The fourth-order valence-electron chi connectivity index (χ4n) is 3.24. The summed E-state index contributed by atoms with van der Waals surface area (Å²) in [6, 6.07) is 0. The van der Waals surface area contributed by atoms with Gasteiger partial charge in [-0.3, -0.25) is 4.79 Å². The van der Waals surface area contributed by atoms with Gasteiger partial charge < -0.3 is 5.32 Å². The molecule has 2 nitrogen and oxygen atoms in total. The Balaban J connectivity index is 2.38. The average Bonchev–Trinajstić information content (AvgIpc) is 2.44. The van der Waals surface area contributed by atoms with Gasteiger partial charge in [0.1, 0.15) is 0 Å². The Morgan fingerprint density at radius 1 is 1.16 bits per heavy atom. The van der Waals surface area contributed by atoms with Crippen LogP contribution in [0.2, 0.25) is 0 Å². The normalized spacial score (nSPS) is 23.6. The van der Waals surface area contributed by atoms with Gasteiger partial charge in [0.25, 0.3) is 0 Å². The van der Waals surface area contributed by atoms with Gasteiger partial charge in [0.2, 0.25) is 5.91 Å². The van der Waals surface area contributed by atoms with E-state index >= 15 is 0 Å². The van der Waals surface area contributed by atoms with E-state index in [1.54, 1.807) is 0 Å². The van der Waals surface area contributed by atoms with Crippen LogP contribution in [0.4, 0.5) is 0 Å². The summed E-state index contributed by atoms with van der Waals surface area (Å²) < 4.78 is 0. The Morgan fingerprint density at radius 2 is 1.74 bits per heavy atom. The first-order chi connectivity index (χ1) is 9.22. The number of amides is 1. The lowest BCUT2D eigenvalue weighted by molar-refractivity contribution is -0.125. The zero-order valence-corrected chi connectivity index (χ0v) is 14.2. The lowest BCUT2D eigenvalue weighted by Crippen LogP contribution is -2.38. The molecule has 0 bridgehead atoms. The summed E-state index contributed by atoms with van der Waals surface area (Å²) in [5, 5.41) is 4.31.